The molecule has 2 fully saturated rings. The molecule has 0 saturated carbocycles. The van der Waals surface area contributed by atoms with E-state index in [2.05, 4.69) is 15.6 Å². The van der Waals surface area contributed by atoms with Crippen molar-refractivity contribution in [1.29, 1.82) is 0 Å². The molecule has 2 aliphatic heterocycles. The number of carboxylic acid groups (broad SMARTS) is 2. The third-order valence-corrected chi connectivity index (χ3v) is 6.54. The van der Waals surface area contributed by atoms with Gasteiger partial charge in [0, 0.05) is 32.1 Å². The van der Waals surface area contributed by atoms with Gasteiger partial charge in [0.1, 0.15) is 6.04 Å². The Labute approximate surface area is 162 Å². The highest BCUT2D eigenvalue weighted by Crippen LogP contribution is 2.31. The average Bonchev–Trinajstić information content (AvgIpc) is 3.15. The highest BCUT2D eigenvalue weighted by molar-refractivity contribution is 7.91. The number of nitrogens with zero attached hydrogens (tertiary/aromatic N) is 4. The molecule has 0 unspecified atom stereocenters. The first-order chi connectivity index (χ1) is 12.3. The fraction of sp³-hybridized carbons (Fsp3) is 0.714. The second kappa shape index (κ2) is 8.50. The molecule has 11 nitrogen and oxygen atoms in total. The summed E-state index contributed by atoms with van der Waals surface area (Å²) in [7, 11) is -2.98. The molecule has 3 rings (SSSR count). The van der Waals surface area contributed by atoms with Crippen LogP contribution in [0.25, 0.3) is 0 Å². The van der Waals surface area contributed by atoms with E-state index in [9.17, 15) is 23.1 Å². The van der Waals surface area contributed by atoms with Crippen molar-refractivity contribution in [2.45, 2.75) is 25.0 Å². The number of carboxylic acids is 2. The van der Waals surface area contributed by atoms with Crippen LogP contribution in [0.4, 0.5) is 0 Å². The van der Waals surface area contributed by atoms with Crippen molar-refractivity contribution in [3.8, 4) is 0 Å². The summed E-state index contributed by atoms with van der Waals surface area (Å²) in [6.07, 6.45) is 1.25. The van der Waals surface area contributed by atoms with E-state index in [1.54, 1.807) is 10.9 Å². The molecule has 3 N–H and O–H groups in total. The molecule has 0 radical (unpaired) electrons. The van der Waals surface area contributed by atoms with E-state index < -0.39 is 39.8 Å². The summed E-state index contributed by atoms with van der Waals surface area (Å²) in [5, 5.41) is 29.2. The minimum Gasteiger partial charge on any atom is -0.481 e. The maximum atomic E-state index is 11.5. The van der Waals surface area contributed by atoms with E-state index in [1.165, 1.54) is 0 Å². The van der Waals surface area contributed by atoms with Gasteiger partial charge >= 0.3 is 11.9 Å². The normalized spacial score (nSPS) is 27.8. The Kier molecular flexibility index (Phi) is 6.78. The molecular formula is C14H22ClN5O6S. The highest BCUT2D eigenvalue weighted by atomic mass is 35.5. The molecule has 0 aliphatic carbocycles. The molecule has 27 heavy (non-hydrogen) atoms. The number of carbonyl (C=O) groups is 2. The molecule has 3 heterocycles. The summed E-state index contributed by atoms with van der Waals surface area (Å²) in [4.78, 5) is 24.5. The minimum absolute atomic E-state index is 0. The first-order valence-corrected chi connectivity index (χ1v) is 10.1. The third kappa shape index (κ3) is 4.94. The fourth-order valence-electron chi connectivity index (χ4n) is 3.56. The number of rotatable bonds is 6. The Hall–Kier alpha value is -1.76. The lowest BCUT2D eigenvalue weighted by molar-refractivity contribution is -0.142. The predicted molar refractivity (Wildman–Crippen MR) is 95.4 cm³/mol. The molecule has 0 aromatic carbocycles. The summed E-state index contributed by atoms with van der Waals surface area (Å²) in [5.41, 5.74) is 0.706. The van der Waals surface area contributed by atoms with Gasteiger partial charge in [0.15, 0.2) is 9.84 Å². The Balaban J connectivity index is 0.00000261. The van der Waals surface area contributed by atoms with Crippen molar-refractivity contribution < 1.29 is 28.2 Å². The van der Waals surface area contributed by atoms with Crippen LogP contribution in [0, 0.1) is 5.92 Å². The molecule has 0 amide bonds. The van der Waals surface area contributed by atoms with Crippen molar-refractivity contribution >= 4 is 34.2 Å². The van der Waals surface area contributed by atoms with Gasteiger partial charge in [-0.3, -0.25) is 14.5 Å². The number of halogens is 1. The van der Waals surface area contributed by atoms with Crippen LogP contribution in [0.3, 0.4) is 0 Å². The number of aliphatic carboxylic acids is 2. The Morgan fingerprint density at radius 1 is 1.26 bits per heavy atom. The molecule has 13 heteroatoms. The number of nitrogens with one attached hydrogen (secondary N) is 1. The Morgan fingerprint density at radius 2 is 1.93 bits per heavy atom. The first-order valence-electron chi connectivity index (χ1n) is 8.26. The summed E-state index contributed by atoms with van der Waals surface area (Å²) >= 11 is 0. The molecule has 3 atom stereocenters. The van der Waals surface area contributed by atoms with Gasteiger partial charge in [-0.1, -0.05) is 5.21 Å². The van der Waals surface area contributed by atoms with Crippen molar-refractivity contribution in [3.63, 3.8) is 0 Å². The lowest BCUT2D eigenvalue weighted by Gasteiger charge is -2.27. The van der Waals surface area contributed by atoms with Gasteiger partial charge in [-0.25, -0.2) is 13.1 Å². The van der Waals surface area contributed by atoms with Crippen LogP contribution < -0.4 is 5.32 Å². The summed E-state index contributed by atoms with van der Waals surface area (Å²) in [6.45, 7) is 1.52. The Bertz CT molecular complexity index is 786. The summed E-state index contributed by atoms with van der Waals surface area (Å²) in [6, 6.07) is -1.41. The summed E-state index contributed by atoms with van der Waals surface area (Å²) < 4.78 is 24.7. The number of aromatic nitrogens is 3. The van der Waals surface area contributed by atoms with Gasteiger partial charge in [-0.05, 0) is 0 Å². The van der Waals surface area contributed by atoms with Gasteiger partial charge in [0.05, 0.1) is 35.9 Å². The van der Waals surface area contributed by atoms with Gasteiger partial charge in [0.2, 0.25) is 0 Å². The average molecular weight is 424 g/mol. The fourth-order valence-corrected chi connectivity index (χ4v) is 4.84. The van der Waals surface area contributed by atoms with E-state index in [0.29, 0.717) is 25.3 Å². The predicted octanol–water partition coefficient (Wildman–Crippen LogP) is -1.38. The van der Waals surface area contributed by atoms with Crippen LogP contribution in [-0.4, -0.2) is 87.6 Å². The van der Waals surface area contributed by atoms with E-state index in [1.807, 2.05) is 4.90 Å². The van der Waals surface area contributed by atoms with E-state index in [0.717, 1.165) is 0 Å². The van der Waals surface area contributed by atoms with Gasteiger partial charge in [0.25, 0.3) is 0 Å². The first kappa shape index (κ1) is 21.5. The molecule has 1 aromatic heterocycles. The molecule has 2 aliphatic rings. The second-order valence-corrected chi connectivity index (χ2v) is 8.95. The van der Waals surface area contributed by atoms with E-state index >= 15 is 0 Å². The third-order valence-electron chi connectivity index (χ3n) is 4.93. The van der Waals surface area contributed by atoms with Gasteiger partial charge in [-0.15, -0.1) is 17.5 Å². The monoisotopic (exact) mass is 423 g/mol. The largest absolute Gasteiger partial charge is 0.481 e. The quantitative estimate of drug-likeness (QED) is 0.498. The van der Waals surface area contributed by atoms with Crippen LogP contribution in [0.15, 0.2) is 6.20 Å². The van der Waals surface area contributed by atoms with Crippen molar-refractivity contribution in [1.82, 2.24) is 25.2 Å². The smallest absolute Gasteiger partial charge is 0.321 e. The van der Waals surface area contributed by atoms with Gasteiger partial charge < -0.3 is 15.5 Å². The minimum atomic E-state index is -2.98. The van der Waals surface area contributed by atoms with Crippen LogP contribution in [0.2, 0.25) is 0 Å². The van der Waals surface area contributed by atoms with Crippen molar-refractivity contribution in [2.24, 2.45) is 5.92 Å². The zero-order chi connectivity index (χ0) is 18.9. The van der Waals surface area contributed by atoms with Gasteiger partial charge in [-0.2, -0.15) is 0 Å². The molecule has 0 spiro atoms. The second-order valence-electron chi connectivity index (χ2n) is 6.65. The van der Waals surface area contributed by atoms with E-state index in [-0.39, 0.29) is 36.9 Å². The van der Waals surface area contributed by atoms with Crippen molar-refractivity contribution in [3.05, 3.63) is 11.9 Å². The zero-order valence-corrected chi connectivity index (χ0v) is 16.0. The Morgan fingerprint density at radius 3 is 2.52 bits per heavy atom. The number of hydrogen-bond donors (Lipinski definition) is 3. The lowest BCUT2D eigenvalue weighted by atomic mass is 9.92. The SMILES string of the molecule is Cl.O=C(O)C[C@@H]1[C@@H](C(=O)O)NC[C@@H]1n1nncc1CN1CCS(=O)(=O)CC1. The maximum absolute atomic E-state index is 11.5. The standard InChI is InChI=1S/C14H21N5O6S.ClH/c20-12(21)5-10-11(7-15-13(10)14(22)23)19-9(6-16-17-19)8-18-1-3-26(24,25)4-2-18;/h6,10-11,13,15H,1-5,7-8H2,(H,20,21)(H,22,23);1H/t10-,11-,13-;/m0./s1. The topological polar surface area (TPSA) is 155 Å². The molecular weight excluding hydrogens is 402 g/mol. The van der Waals surface area contributed by atoms with Crippen LogP contribution in [0.1, 0.15) is 18.2 Å². The number of hydrogen-bond acceptors (Lipinski definition) is 8. The molecule has 1 aromatic rings. The maximum Gasteiger partial charge on any atom is 0.321 e. The molecule has 152 valence electrons. The summed E-state index contributed by atoms with van der Waals surface area (Å²) in [5.74, 6) is -2.63. The zero-order valence-electron chi connectivity index (χ0n) is 14.4. The highest BCUT2D eigenvalue weighted by Gasteiger charge is 2.43. The van der Waals surface area contributed by atoms with Crippen LogP contribution in [-0.2, 0) is 26.0 Å². The molecule has 2 saturated heterocycles. The lowest BCUT2D eigenvalue weighted by Crippen LogP contribution is -2.40. The van der Waals surface area contributed by atoms with Crippen LogP contribution in [0.5, 0.6) is 0 Å². The van der Waals surface area contributed by atoms with E-state index in [4.69, 9.17) is 5.11 Å². The molecule has 0 bridgehead atoms. The van der Waals surface area contributed by atoms with Crippen LogP contribution >= 0.6 is 12.4 Å². The van der Waals surface area contributed by atoms with Crippen molar-refractivity contribution in [2.75, 3.05) is 31.1 Å². The number of sulfone groups is 1.